The highest BCUT2D eigenvalue weighted by Crippen LogP contribution is 2.25. The minimum absolute atomic E-state index is 0.00481. The van der Waals surface area contributed by atoms with Gasteiger partial charge in [0, 0.05) is 31.8 Å². The number of amides is 2. The highest BCUT2D eigenvalue weighted by Gasteiger charge is 2.34. The summed E-state index contributed by atoms with van der Waals surface area (Å²) in [6, 6.07) is 17.8. The molecule has 0 bridgehead atoms. The minimum atomic E-state index is -0.288. The molecule has 1 heterocycles. The van der Waals surface area contributed by atoms with Crippen LogP contribution in [0, 0.1) is 12.8 Å². The van der Waals surface area contributed by atoms with E-state index in [2.05, 4.69) is 5.32 Å². The number of ether oxygens (including phenoxy) is 1. The Bertz CT molecular complexity index is 759. The lowest BCUT2D eigenvalue weighted by Gasteiger charge is -2.17. The van der Waals surface area contributed by atoms with E-state index in [0.29, 0.717) is 26.3 Å². The first-order valence-corrected chi connectivity index (χ1v) is 9.40. The Labute approximate surface area is 160 Å². The van der Waals surface area contributed by atoms with Gasteiger partial charge in [-0.15, -0.1) is 0 Å². The van der Waals surface area contributed by atoms with E-state index in [4.69, 9.17) is 4.74 Å². The molecule has 1 saturated heterocycles. The maximum Gasteiger partial charge on any atom is 0.227 e. The minimum Gasteiger partial charge on any atom is -0.377 e. The van der Waals surface area contributed by atoms with E-state index in [1.54, 1.807) is 4.90 Å². The largest absolute Gasteiger partial charge is 0.377 e. The number of hydrogen-bond acceptors (Lipinski definition) is 3. The second-order valence-electron chi connectivity index (χ2n) is 6.92. The van der Waals surface area contributed by atoms with E-state index in [1.807, 2.05) is 61.5 Å². The van der Waals surface area contributed by atoms with Crippen molar-refractivity contribution in [3.8, 4) is 0 Å². The summed E-state index contributed by atoms with van der Waals surface area (Å²) in [7, 11) is 0. The van der Waals surface area contributed by atoms with Gasteiger partial charge in [-0.2, -0.15) is 0 Å². The van der Waals surface area contributed by atoms with Crippen molar-refractivity contribution in [3.63, 3.8) is 0 Å². The molecule has 0 saturated carbocycles. The summed E-state index contributed by atoms with van der Waals surface area (Å²) in [6.45, 7) is 4.18. The molecular weight excluding hydrogens is 340 g/mol. The van der Waals surface area contributed by atoms with Gasteiger partial charge in [0.25, 0.3) is 0 Å². The Hall–Kier alpha value is -2.66. The van der Waals surface area contributed by atoms with Crippen molar-refractivity contribution in [3.05, 3.63) is 65.7 Å². The predicted octanol–water partition coefficient (Wildman–Crippen LogP) is 3.07. The summed E-state index contributed by atoms with van der Waals surface area (Å²) in [4.78, 5) is 26.3. The molecule has 1 atom stereocenters. The van der Waals surface area contributed by atoms with E-state index in [0.717, 1.165) is 23.2 Å². The number of nitrogens with one attached hydrogen (secondary N) is 1. The first-order valence-electron chi connectivity index (χ1n) is 9.40. The zero-order chi connectivity index (χ0) is 19.1. The van der Waals surface area contributed by atoms with Crippen LogP contribution in [0.4, 0.5) is 5.69 Å². The second kappa shape index (κ2) is 9.33. The highest BCUT2D eigenvalue weighted by atomic mass is 16.5. The third-order valence-electron chi connectivity index (χ3n) is 4.72. The standard InChI is InChI=1S/C22H26N2O3/c1-17-8-10-20(11-9-17)24-15-19(14-21(24)25)22(26)23-12-5-13-27-16-18-6-3-2-4-7-18/h2-4,6-11,19H,5,12-16H2,1H3,(H,23,26)/t19-/m0/s1. The molecule has 0 unspecified atom stereocenters. The Balaban J connectivity index is 1.36. The highest BCUT2D eigenvalue weighted by molar-refractivity contribution is 6.00. The van der Waals surface area contributed by atoms with Gasteiger partial charge in [0.15, 0.2) is 0 Å². The van der Waals surface area contributed by atoms with Gasteiger partial charge in [0.05, 0.1) is 12.5 Å². The van der Waals surface area contributed by atoms with E-state index in [1.165, 1.54) is 0 Å². The zero-order valence-corrected chi connectivity index (χ0v) is 15.7. The lowest BCUT2D eigenvalue weighted by molar-refractivity contribution is -0.126. The van der Waals surface area contributed by atoms with Crippen molar-refractivity contribution < 1.29 is 14.3 Å². The van der Waals surface area contributed by atoms with Crippen molar-refractivity contribution >= 4 is 17.5 Å². The third-order valence-corrected chi connectivity index (χ3v) is 4.72. The van der Waals surface area contributed by atoms with Crippen LogP contribution in [0.2, 0.25) is 0 Å². The summed E-state index contributed by atoms with van der Waals surface area (Å²) >= 11 is 0. The molecule has 0 spiro atoms. The van der Waals surface area contributed by atoms with Crippen molar-refractivity contribution in [2.45, 2.75) is 26.4 Å². The van der Waals surface area contributed by atoms with Crippen LogP contribution >= 0.6 is 0 Å². The predicted molar refractivity (Wildman–Crippen MR) is 105 cm³/mol. The molecule has 1 fully saturated rings. The quantitative estimate of drug-likeness (QED) is 0.731. The van der Waals surface area contributed by atoms with Crippen molar-refractivity contribution in [2.24, 2.45) is 5.92 Å². The van der Waals surface area contributed by atoms with E-state index >= 15 is 0 Å². The smallest absolute Gasteiger partial charge is 0.227 e. The van der Waals surface area contributed by atoms with Gasteiger partial charge in [-0.05, 0) is 31.0 Å². The topological polar surface area (TPSA) is 58.6 Å². The molecule has 0 aliphatic carbocycles. The fraction of sp³-hybridized carbons (Fsp3) is 0.364. The van der Waals surface area contributed by atoms with Gasteiger partial charge < -0.3 is 15.0 Å². The monoisotopic (exact) mass is 366 g/mol. The Morgan fingerprint density at radius 2 is 1.89 bits per heavy atom. The number of carbonyl (C=O) groups excluding carboxylic acids is 2. The molecule has 1 aliphatic heterocycles. The molecule has 2 amide bonds. The van der Waals surface area contributed by atoms with Crippen LogP contribution in [0.5, 0.6) is 0 Å². The van der Waals surface area contributed by atoms with Crippen LogP contribution in [-0.4, -0.2) is 31.5 Å². The number of rotatable bonds is 8. The van der Waals surface area contributed by atoms with Gasteiger partial charge in [-0.3, -0.25) is 9.59 Å². The second-order valence-corrected chi connectivity index (χ2v) is 6.92. The molecular formula is C22H26N2O3. The molecule has 2 aromatic carbocycles. The van der Waals surface area contributed by atoms with Crippen LogP contribution in [0.15, 0.2) is 54.6 Å². The Morgan fingerprint density at radius 3 is 2.63 bits per heavy atom. The lowest BCUT2D eigenvalue weighted by atomic mass is 10.1. The van der Waals surface area contributed by atoms with Gasteiger partial charge in [0.2, 0.25) is 11.8 Å². The van der Waals surface area contributed by atoms with Crippen LogP contribution < -0.4 is 10.2 Å². The summed E-state index contributed by atoms with van der Waals surface area (Å²) < 4.78 is 5.61. The first-order chi connectivity index (χ1) is 13.1. The molecule has 5 heteroatoms. The summed E-state index contributed by atoms with van der Waals surface area (Å²) in [5, 5.41) is 2.93. The molecule has 1 N–H and O–H groups in total. The van der Waals surface area contributed by atoms with Crippen LogP contribution in [0.3, 0.4) is 0 Å². The summed E-state index contributed by atoms with van der Waals surface area (Å²) in [5.74, 6) is -0.338. The van der Waals surface area contributed by atoms with Crippen molar-refractivity contribution in [2.75, 3.05) is 24.6 Å². The average Bonchev–Trinajstić information content (AvgIpc) is 3.07. The van der Waals surface area contributed by atoms with Crippen molar-refractivity contribution in [1.29, 1.82) is 0 Å². The van der Waals surface area contributed by atoms with Crippen LogP contribution in [0.1, 0.15) is 24.0 Å². The van der Waals surface area contributed by atoms with Gasteiger partial charge in [-0.1, -0.05) is 48.0 Å². The zero-order valence-electron chi connectivity index (χ0n) is 15.7. The SMILES string of the molecule is Cc1ccc(N2C[C@@H](C(=O)NCCCOCc3ccccc3)CC2=O)cc1. The first kappa shape index (κ1) is 19.1. The summed E-state index contributed by atoms with van der Waals surface area (Å²) in [6.07, 6.45) is 1.02. The van der Waals surface area contributed by atoms with Crippen LogP contribution in [0.25, 0.3) is 0 Å². The molecule has 142 valence electrons. The maximum absolute atomic E-state index is 12.3. The molecule has 1 aliphatic rings. The number of aryl methyl sites for hydroxylation is 1. The number of anilines is 1. The van der Waals surface area contributed by atoms with Crippen LogP contribution in [-0.2, 0) is 20.9 Å². The fourth-order valence-corrected chi connectivity index (χ4v) is 3.15. The molecule has 0 aromatic heterocycles. The Morgan fingerprint density at radius 1 is 1.15 bits per heavy atom. The van der Waals surface area contributed by atoms with E-state index < -0.39 is 0 Å². The fourth-order valence-electron chi connectivity index (χ4n) is 3.15. The number of hydrogen-bond donors (Lipinski definition) is 1. The average molecular weight is 366 g/mol. The summed E-state index contributed by atoms with van der Waals surface area (Å²) in [5.41, 5.74) is 3.14. The maximum atomic E-state index is 12.3. The Kier molecular flexibility index (Phi) is 6.60. The van der Waals surface area contributed by atoms with Gasteiger partial charge in [-0.25, -0.2) is 0 Å². The molecule has 27 heavy (non-hydrogen) atoms. The molecule has 5 nitrogen and oxygen atoms in total. The van der Waals surface area contributed by atoms with E-state index in [-0.39, 0.29) is 24.2 Å². The van der Waals surface area contributed by atoms with Gasteiger partial charge >= 0.3 is 0 Å². The number of nitrogens with zero attached hydrogens (tertiary/aromatic N) is 1. The molecule has 0 radical (unpaired) electrons. The normalized spacial score (nSPS) is 16.6. The van der Waals surface area contributed by atoms with Crippen molar-refractivity contribution in [1.82, 2.24) is 5.32 Å². The number of benzene rings is 2. The number of carbonyl (C=O) groups is 2. The molecule has 3 rings (SSSR count). The van der Waals surface area contributed by atoms with E-state index in [9.17, 15) is 9.59 Å². The van der Waals surface area contributed by atoms with Gasteiger partial charge in [0.1, 0.15) is 0 Å². The lowest BCUT2D eigenvalue weighted by Crippen LogP contribution is -2.33. The molecule has 2 aromatic rings. The third kappa shape index (κ3) is 5.41.